The summed E-state index contributed by atoms with van der Waals surface area (Å²) in [5, 5.41) is 1.00. The number of carbonyl (C=O) groups is 1. The van der Waals surface area contributed by atoms with E-state index < -0.39 is 0 Å². The minimum absolute atomic E-state index is 0.0985. The van der Waals surface area contributed by atoms with Gasteiger partial charge in [-0.3, -0.25) is 9.78 Å². The van der Waals surface area contributed by atoms with E-state index in [9.17, 15) is 4.79 Å². The van der Waals surface area contributed by atoms with Crippen LogP contribution in [0.4, 0.5) is 0 Å². The van der Waals surface area contributed by atoms with Gasteiger partial charge in [0.25, 0.3) is 5.91 Å². The fraction of sp³-hybridized carbons (Fsp3) is 0.350. The number of aryl methyl sites for hydroxylation is 2. The molecule has 0 radical (unpaired) electrons. The molecular weight excluding hydrogens is 312 g/mol. The molecule has 1 saturated heterocycles. The van der Waals surface area contributed by atoms with Crippen LogP contribution in [-0.4, -0.2) is 38.4 Å². The van der Waals surface area contributed by atoms with Crippen molar-refractivity contribution in [1.82, 2.24) is 19.4 Å². The van der Waals surface area contributed by atoms with Gasteiger partial charge in [0.05, 0.1) is 11.2 Å². The molecule has 2 aromatic heterocycles. The maximum Gasteiger partial charge on any atom is 0.253 e. The Morgan fingerprint density at radius 3 is 2.96 bits per heavy atom. The van der Waals surface area contributed by atoms with Gasteiger partial charge in [-0.15, -0.1) is 0 Å². The minimum atomic E-state index is 0.0985. The summed E-state index contributed by atoms with van der Waals surface area (Å²) >= 11 is 0. The monoisotopic (exact) mass is 334 g/mol. The van der Waals surface area contributed by atoms with Crippen LogP contribution in [0.5, 0.6) is 0 Å². The highest BCUT2D eigenvalue weighted by Gasteiger charge is 2.28. The van der Waals surface area contributed by atoms with Crippen LogP contribution in [0, 0.1) is 6.92 Å². The number of rotatable bonds is 2. The third-order valence-electron chi connectivity index (χ3n) is 4.96. The summed E-state index contributed by atoms with van der Waals surface area (Å²) in [4.78, 5) is 23.9. The largest absolute Gasteiger partial charge is 0.338 e. The number of piperidine rings is 1. The van der Waals surface area contributed by atoms with Crippen molar-refractivity contribution < 1.29 is 4.79 Å². The number of benzene rings is 1. The first-order valence-corrected chi connectivity index (χ1v) is 8.76. The molecule has 1 aliphatic rings. The minimum Gasteiger partial charge on any atom is -0.338 e. The van der Waals surface area contributed by atoms with E-state index in [-0.39, 0.29) is 5.91 Å². The molecule has 0 spiro atoms. The number of amides is 1. The molecule has 1 amide bonds. The van der Waals surface area contributed by atoms with Crippen molar-refractivity contribution in [2.24, 2.45) is 7.05 Å². The summed E-state index contributed by atoms with van der Waals surface area (Å²) in [6.45, 7) is 3.55. The average molecular weight is 334 g/mol. The zero-order chi connectivity index (χ0) is 17.4. The van der Waals surface area contributed by atoms with Gasteiger partial charge in [-0.25, -0.2) is 4.98 Å². The predicted octanol–water partition coefficient (Wildman–Crippen LogP) is 3.30. The molecule has 25 heavy (non-hydrogen) atoms. The van der Waals surface area contributed by atoms with Gasteiger partial charge < -0.3 is 9.47 Å². The molecule has 1 aromatic carbocycles. The highest BCUT2D eigenvalue weighted by Crippen LogP contribution is 2.27. The van der Waals surface area contributed by atoms with Crippen LogP contribution in [0.15, 0.2) is 42.7 Å². The second-order valence-corrected chi connectivity index (χ2v) is 6.85. The Balaban J connectivity index is 1.57. The third kappa shape index (κ3) is 3.02. The van der Waals surface area contributed by atoms with Crippen molar-refractivity contribution in [1.29, 1.82) is 0 Å². The molecule has 0 unspecified atom stereocenters. The number of fused-ring (bicyclic) bond motifs is 1. The molecule has 0 saturated carbocycles. The van der Waals surface area contributed by atoms with Crippen LogP contribution in [0.25, 0.3) is 10.9 Å². The normalized spacial score (nSPS) is 17.8. The van der Waals surface area contributed by atoms with E-state index in [1.165, 1.54) is 0 Å². The van der Waals surface area contributed by atoms with Crippen molar-refractivity contribution in [3.8, 4) is 0 Å². The lowest BCUT2D eigenvalue weighted by Crippen LogP contribution is -2.39. The zero-order valence-electron chi connectivity index (χ0n) is 14.6. The van der Waals surface area contributed by atoms with Gasteiger partial charge in [0, 0.05) is 49.4 Å². The fourth-order valence-corrected chi connectivity index (χ4v) is 3.78. The molecule has 4 rings (SSSR count). The van der Waals surface area contributed by atoms with Gasteiger partial charge in [0.15, 0.2) is 0 Å². The molecule has 5 heteroatoms. The van der Waals surface area contributed by atoms with E-state index in [0.717, 1.165) is 53.9 Å². The Hall–Kier alpha value is -2.69. The molecule has 0 bridgehead atoms. The number of aromatic nitrogens is 3. The van der Waals surface area contributed by atoms with Crippen molar-refractivity contribution in [2.45, 2.75) is 25.7 Å². The van der Waals surface area contributed by atoms with Crippen molar-refractivity contribution >= 4 is 16.8 Å². The van der Waals surface area contributed by atoms with Crippen LogP contribution < -0.4 is 0 Å². The summed E-state index contributed by atoms with van der Waals surface area (Å²) in [7, 11) is 2.03. The van der Waals surface area contributed by atoms with Crippen molar-refractivity contribution in [3.63, 3.8) is 0 Å². The lowest BCUT2D eigenvalue weighted by atomic mass is 9.96. The summed E-state index contributed by atoms with van der Waals surface area (Å²) in [6.07, 6.45) is 5.91. The first-order chi connectivity index (χ1) is 12.1. The second-order valence-electron chi connectivity index (χ2n) is 6.85. The molecule has 128 valence electrons. The quantitative estimate of drug-likeness (QED) is 0.722. The van der Waals surface area contributed by atoms with Gasteiger partial charge in [-0.05, 0) is 44.0 Å². The summed E-state index contributed by atoms with van der Waals surface area (Å²) < 4.78 is 2.09. The van der Waals surface area contributed by atoms with Crippen LogP contribution in [0.2, 0.25) is 0 Å². The number of pyridine rings is 1. The average Bonchev–Trinajstić information content (AvgIpc) is 2.99. The smallest absolute Gasteiger partial charge is 0.253 e. The zero-order valence-corrected chi connectivity index (χ0v) is 14.6. The molecule has 1 atom stereocenters. The summed E-state index contributed by atoms with van der Waals surface area (Å²) in [5.74, 6) is 1.48. The lowest BCUT2D eigenvalue weighted by Gasteiger charge is -2.32. The molecule has 0 aliphatic carbocycles. The number of likely N-dealkylation sites (tertiary alicyclic amines) is 1. The maximum absolute atomic E-state index is 13.0. The van der Waals surface area contributed by atoms with E-state index in [1.807, 2.05) is 55.4 Å². The summed E-state index contributed by atoms with van der Waals surface area (Å²) in [5.41, 5.74) is 2.68. The molecule has 3 aromatic rings. The van der Waals surface area contributed by atoms with Crippen LogP contribution in [0.1, 0.15) is 40.6 Å². The number of nitrogens with zero attached hydrogens (tertiary/aromatic N) is 4. The van der Waals surface area contributed by atoms with E-state index in [1.54, 1.807) is 6.20 Å². The maximum atomic E-state index is 13.0. The van der Waals surface area contributed by atoms with Gasteiger partial charge in [-0.1, -0.05) is 6.07 Å². The Morgan fingerprint density at radius 2 is 2.16 bits per heavy atom. The molecule has 0 N–H and O–H groups in total. The first-order valence-electron chi connectivity index (χ1n) is 8.76. The Labute approximate surface area is 147 Å². The molecule has 5 nitrogen and oxygen atoms in total. The van der Waals surface area contributed by atoms with Gasteiger partial charge in [0.1, 0.15) is 5.82 Å². The fourth-order valence-electron chi connectivity index (χ4n) is 3.78. The lowest BCUT2D eigenvalue weighted by molar-refractivity contribution is 0.0703. The van der Waals surface area contributed by atoms with Gasteiger partial charge in [0.2, 0.25) is 0 Å². The van der Waals surface area contributed by atoms with Gasteiger partial charge in [-0.2, -0.15) is 0 Å². The van der Waals surface area contributed by atoms with Crippen molar-refractivity contribution in [2.75, 3.05) is 13.1 Å². The number of hydrogen-bond acceptors (Lipinski definition) is 3. The SMILES string of the molecule is Cc1cn(C)c([C@H]2CCCN(C(=O)c3ccc4ncccc4c3)C2)n1. The third-order valence-corrected chi connectivity index (χ3v) is 4.96. The predicted molar refractivity (Wildman–Crippen MR) is 97.6 cm³/mol. The first kappa shape index (κ1) is 15.8. The standard InChI is InChI=1S/C20H22N4O/c1-14-12-23(2)19(22-14)17-6-4-10-24(13-17)20(25)16-7-8-18-15(11-16)5-3-9-21-18/h3,5,7-9,11-12,17H,4,6,10,13H2,1-2H3/t17-/m0/s1. The number of carbonyl (C=O) groups excluding carboxylic acids is 1. The van der Waals surface area contributed by atoms with Gasteiger partial charge >= 0.3 is 0 Å². The van der Waals surface area contributed by atoms with Crippen LogP contribution in [0.3, 0.4) is 0 Å². The van der Waals surface area contributed by atoms with E-state index in [2.05, 4.69) is 14.5 Å². The highest BCUT2D eigenvalue weighted by atomic mass is 16.2. The van der Waals surface area contributed by atoms with Crippen LogP contribution in [-0.2, 0) is 7.05 Å². The van der Waals surface area contributed by atoms with E-state index in [4.69, 9.17) is 0 Å². The Morgan fingerprint density at radius 1 is 1.28 bits per heavy atom. The topological polar surface area (TPSA) is 51.0 Å². The molecule has 3 heterocycles. The number of imidazole rings is 1. The Bertz CT molecular complexity index is 930. The van der Waals surface area contributed by atoms with E-state index >= 15 is 0 Å². The molecular formula is C20H22N4O. The molecule has 1 aliphatic heterocycles. The number of hydrogen-bond donors (Lipinski definition) is 0. The highest BCUT2D eigenvalue weighted by molar-refractivity contribution is 5.98. The summed E-state index contributed by atoms with van der Waals surface area (Å²) in [6, 6.07) is 9.64. The van der Waals surface area contributed by atoms with E-state index in [0.29, 0.717) is 5.92 Å². The van der Waals surface area contributed by atoms with Crippen molar-refractivity contribution in [3.05, 3.63) is 59.8 Å². The molecule has 1 fully saturated rings. The van der Waals surface area contributed by atoms with Crippen LogP contribution >= 0.6 is 0 Å². The Kier molecular flexibility index (Phi) is 3.99. The second kappa shape index (κ2) is 6.31.